The summed E-state index contributed by atoms with van der Waals surface area (Å²) in [4.78, 5) is 39.0. The number of aromatic amines is 1. The molecule has 0 unspecified atom stereocenters. The van der Waals surface area contributed by atoms with Gasteiger partial charge in [-0.05, 0) is 13.3 Å². The quantitative estimate of drug-likeness (QED) is 0.652. The van der Waals surface area contributed by atoms with Crippen LogP contribution in [-0.2, 0) is 4.79 Å². The number of amides is 1. The SMILES string of the molecule is Cc1cn([C@@H]2C[C@@H]3CNC(=O)CN3C2)c(=O)[nH]c1=O. The molecule has 3 heterocycles. The standard InChI is InChI=1S/C12H16N4O3/c1-7-4-16(12(19)14-11(7)18)9-2-8-3-13-10(17)6-15(8)5-9/h4,8-9H,2-3,5-6H2,1H3,(H,13,17)(H,14,18,19)/t8-,9-/m1/s1. The molecular weight excluding hydrogens is 248 g/mol. The summed E-state index contributed by atoms with van der Waals surface area (Å²) < 4.78 is 1.58. The third-order valence-electron chi connectivity index (χ3n) is 3.93. The van der Waals surface area contributed by atoms with Gasteiger partial charge < -0.3 is 5.32 Å². The minimum Gasteiger partial charge on any atom is -0.353 e. The van der Waals surface area contributed by atoms with E-state index in [9.17, 15) is 14.4 Å². The molecule has 1 aromatic rings. The lowest BCUT2D eigenvalue weighted by atomic mass is 10.1. The van der Waals surface area contributed by atoms with Gasteiger partial charge in [0.1, 0.15) is 0 Å². The molecule has 0 aliphatic carbocycles. The van der Waals surface area contributed by atoms with E-state index in [4.69, 9.17) is 0 Å². The molecule has 0 radical (unpaired) electrons. The van der Waals surface area contributed by atoms with E-state index < -0.39 is 0 Å². The fourth-order valence-electron chi connectivity index (χ4n) is 2.89. The first-order valence-electron chi connectivity index (χ1n) is 6.37. The van der Waals surface area contributed by atoms with E-state index >= 15 is 0 Å². The number of fused-ring (bicyclic) bond motifs is 1. The van der Waals surface area contributed by atoms with Crippen molar-refractivity contribution < 1.29 is 4.79 Å². The Morgan fingerprint density at radius 3 is 2.84 bits per heavy atom. The Morgan fingerprint density at radius 2 is 2.05 bits per heavy atom. The Morgan fingerprint density at radius 1 is 1.26 bits per heavy atom. The lowest BCUT2D eigenvalue weighted by Crippen LogP contribution is -2.51. The Hall–Kier alpha value is -1.89. The summed E-state index contributed by atoms with van der Waals surface area (Å²) in [5.74, 6) is 0.0295. The average molecular weight is 264 g/mol. The van der Waals surface area contributed by atoms with Gasteiger partial charge in [-0.1, -0.05) is 0 Å². The number of carbonyl (C=O) groups excluding carboxylic acids is 1. The highest BCUT2D eigenvalue weighted by molar-refractivity contribution is 5.79. The first-order valence-corrected chi connectivity index (χ1v) is 6.37. The molecule has 2 aliphatic heterocycles. The Labute approximate surface area is 109 Å². The van der Waals surface area contributed by atoms with Crippen molar-refractivity contribution in [1.29, 1.82) is 0 Å². The van der Waals surface area contributed by atoms with Crippen LogP contribution in [0.3, 0.4) is 0 Å². The summed E-state index contributed by atoms with van der Waals surface area (Å²) in [5.41, 5.74) is -0.188. The zero-order chi connectivity index (χ0) is 13.6. The molecule has 3 rings (SSSR count). The molecule has 19 heavy (non-hydrogen) atoms. The van der Waals surface area contributed by atoms with E-state index in [0.717, 1.165) is 6.42 Å². The predicted molar refractivity (Wildman–Crippen MR) is 68.1 cm³/mol. The molecular formula is C12H16N4O3. The number of nitrogens with zero attached hydrogens (tertiary/aromatic N) is 2. The number of hydrogen-bond donors (Lipinski definition) is 2. The summed E-state index contributed by atoms with van der Waals surface area (Å²) >= 11 is 0. The molecule has 1 amide bonds. The highest BCUT2D eigenvalue weighted by Gasteiger charge is 2.37. The predicted octanol–water partition coefficient (Wildman–Crippen LogP) is -1.41. The maximum Gasteiger partial charge on any atom is 0.328 e. The Bertz CT molecular complexity index is 633. The van der Waals surface area contributed by atoms with Gasteiger partial charge in [0.15, 0.2) is 0 Å². The normalized spacial score (nSPS) is 27.1. The molecule has 0 bridgehead atoms. The summed E-state index contributed by atoms with van der Waals surface area (Å²) in [5, 5.41) is 2.83. The van der Waals surface area contributed by atoms with Crippen molar-refractivity contribution in [2.45, 2.75) is 25.4 Å². The number of aryl methyl sites for hydroxylation is 1. The number of aromatic nitrogens is 2. The van der Waals surface area contributed by atoms with Crippen molar-refractivity contribution in [1.82, 2.24) is 19.8 Å². The smallest absolute Gasteiger partial charge is 0.328 e. The minimum atomic E-state index is -0.375. The van der Waals surface area contributed by atoms with Crippen LogP contribution in [0.25, 0.3) is 0 Å². The van der Waals surface area contributed by atoms with Crippen molar-refractivity contribution in [3.63, 3.8) is 0 Å². The van der Waals surface area contributed by atoms with Crippen LogP contribution in [0.5, 0.6) is 0 Å². The minimum absolute atomic E-state index is 0.0146. The molecule has 2 fully saturated rings. The zero-order valence-electron chi connectivity index (χ0n) is 10.7. The van der Waals surface area contributed by atoms with Crippen LogP contribution in [0.2, 0.25) is 0 Å². The molecule has 2 atom stereocenters. The van der Waals surface area contributed by atoms with Crippen molar-refractivity contribution in [2.75, 3.05) is 19.6 Å². The van der Waals surface area contributed by atoms with Gasteiger partial charge in [0.05, 0.1) is 12.6 Å². The monoisotopic (exact) mass is 264 g/mol. The van der Waals surface area contributed by atoms with Crippen molar-refractivity contribution in [3.8, 4) is 0 Å². The average Bonchev–Trinajstić information content (AvgIpc) is 2.76. The van der Waals surface area contributed by atoms with Gasteiger partial charge in [-0.2, -0.15) is 0 Å². The van der Waals surface area contributed by atoms with E-state index in [1.807, 2.05) is 0 Å². The van der Waals surface area contributed by atoms with Gasteiger partial charge in [0.25, 0.3) is 5.56 Å². The fraction of sp³-hybridized carbons (Fsp3) is 0.583. The van der Waals surface area contributed by atoms with E-state index in [0.29, 0.717) is 25.2 Å². The molecule has 1 aromatic heterocycles. The summed E-state index contributed by atoms with van der Waals surface area (Å²) in [6.45, 7) is 3.37. The third kappa shape index (κ3) is 2.10. The lowest BCUT2D eigenvalue weighted by Gasteiger charge is -2.28. The van der Waals surface area contributed by atoms with Gasteiger partial charge in [0, 0.05) is 30.9 Å². The number of rotatable bonds is 1. The van der Waals surface area contributed by atoms with Crippen molar-refractivity contribution in [2.24, 2.45) is 0 Å². The molecule has 0 spiro atoms. The molecule has 0 saturated carbocycles. The number of hydrogen-bond acceptors (Lipinski definition) is 4. The van der Waals surface area contributed by atoms with E-state index in [1.54, 1.807) is 17.7 Å². The Kier molecular flexibility index (Phi) is 2.78. The molecule has 7 nitrogen and oxygen atoms in total. The van der Waals surface area contributed by atoms with Crippen LogP contribution < -0.4 is 16.6 Å². The zero-order valence-corrected chi connectivity index (χ0v) is 10.7. The van der Waals surface area contributed by atoms with Gasteiger partial charge in [-0.15, -0.1) is 0 Å². The highest BCUT2D eigenvalue weighted by atomic mass is 16.2. The van der Waals surface area contributed by atoms with Crippen molar-refractivity contribution in [3.05, 3.63) is 32.6 Å². The first kappa shape index (κ1) is 12.2. The Balaban J connectivity index is 1.89. The largest absolute Gasteiger partial charge is 0.353 e. The number of carbonyl (C=O) groups is 1. The van der Waals surface area contributed by atoms with Crippen LogP contribution in [0.15, 0.2) is 15.8 Å². The fourth-order valence-corrected chi connectivity index (χ4v) is 2.89. The maximum absolute atomic E-state index is 11.9. The van der Waals surface area contributed by atoms with Gasteiger partial charge >= 0.3 is 5.69 Å². The van der Waals surface area contributed by atoms with Gasteiger partial charge in [0.2, 0.25) is 5.91 Å². The second-order valence-electron chi connectivity index (χ2n) is 5.26. The topological polar surface area (TPSA) is 87.2 Å². The van der Waals surface area contributed by atoms with Crippen LogP contribution in [0, 0.1) is 6.92 Å². The summed E-state index contributed by atoms with van der Waals surface area (Å²) in [6.07, 6.45) is 2.42. The van der Waals surface area contributed by atoms with Crippen LogP contribution in [0.4, 0.5) is 0 Å². The summed E-state index contributed by atoms with van der Waals surface area (Å²) in [7, 11) is 0. The molecule has 7 heteroatoms. The summed E-state index contributed by atoms with van der Waals surface area (Å²) in [6, 6.07) is 0.294. The first-order chi connectivity index (χ1) is 9.04. The third-order valence-corrected chi connectivity index (χ3v) is 3.93. The highest BCUT2D eigenvalue weighted by Crippen LogP contribution is 2.26. The van der Waals surface area contributed by atoms with Crippen LogP contribution in [0.1, 0.15) is 18.0 Å². The second kappa shape index (κ2) is 4.34. The van der Waals surface area contributed by atoms with E-state index in [2.05, 4.69) is 15.2 Å². The molecule has 102 valence electrons. The van der Waals surface area contributed by atoms with Gasteiger partial charge in [-0.3, -0.25) is 24.0 Å². The number of piperazine rings is 1. The van der Waals surface area contributed by atoms with Crippen LogP contribution in [-0.4, -0.2) is 46.0 Å². The van der Waals surface area contributed by atoms with E-state index in [-0.39, 0.29) is 29.2 Å². The van der Waals surface area contributed by atoms with Crippen molar-refractivity contribution >= 4 is 5.91 Å². The number of nitrogens with one attached hydrogen (secondary N) is 2. The molecule has 0 aromatic carbocycles. The van der Waals surface area contributed by atoms with Gasteiger partial charge in [-0.25, -0.2) is 4.79 Å². The molecule has 2 saturated heterocycles. The maximum atomic E-state index is 11.9. The van der Waals surface area contributed by atoms with E-state index in [1.165, 1.54) is 0 Å². The second-order valence-corrected chi connectivity index (χ2v) is 5.26. The molecule has 2 N–H and O–H groups in total. The molecule has 2 aliphatic rings. The number of H-pyrrole nitrogens is 1. The van der Waals surface area contributed by atoms with Crippen LogP contribution >= 0.6 is 0 Å². The lowest BCUT2D eigenvalue weighted by molar-refractivity contribution is -0.124.